The largest absolute Gasteiger partial charge is 0.465 e. The molecular weight excluding hydrogens is 218 g/mol. The number of carbonyl (C=O) groups is 2. The second-order valence-corrected chi connectivity index (χ2v) is 4.61. The van der Waals surface area contributed by atoms with Crippen LogP contribution >= 0.6 is 0 Å². The number of rotatable bonds is 4. The normalized spacial score (nSPS) is 26.3. The van der Waals surface area contributed by atoms with Crippen LogP contribution in [0.25, 0.3) is 0 Å². The quantitative estimate of drug-likeness (QED) is 0.806. The molecule has 2 atom stereocenters. The molecule has 0 heterocycles. The molecule has 0 radical (unpaired) electrons. The number of nitrogens with zero attached hydrogens (tertiary/aromatic N) is 1. The van der Waals surface area contributed by atoms with Gasteiger partial charge in [-0.15, -0.1) is 0 Å². The third-order valence-corrected chi connectivity index (χ3v) is 3.49. The van der Waals surface area contributed by atoms with Gasteiger partial charge in [0, 0.05) is 24.9 Å². The van der Waals surface area contributed by atoms with E-state index in [0.29, 0.717) is 6.54 Å². The third kappa shape index (κ3) is 2.02. The molecule has 1 aliphatic rings. The summed E-state index contributed by atoms with van der Waals surface area (Å²) in [5, 5.41) is 8.92. The van der Waals surface area contributed by atoms with Crippen molar-refractivity contribution < 1.29 is 14.7 Å². The Morgan fingerprint density at radius 3 is 2.65 bits per heavy atom. The minimum Gasteiger partial charge on any atom is -0.465 e. The summed E-state index contributed by atoms with van der Waals surface area (Å²) < 4.78 is 0. The van der Waals surface area contributed by atoms with Gasteiger partial charge in [-0.1, -0.05) is 30.3 Å². The Bertz CT molecular complexity index is 432. The van der Waals surface area contributed by atoms with E-state index in [2.05, 4.69) is 0 Å². The number of carboxylic acid groups (broad SMARTS) is 1. The van der Waals surface area contributed by atoms with E-state index in [1.807, 2.05) is 30.3 Å². The second-order valence-electron chi connectivity index (χ2n) is 4.61. The molecule has 1 fully saturated rings. The number of amides is 1. The van der Waals surface area contributed by atoms with Crippen molar-refractivity contribution >= 4 is 12.4 Å². The topological polar surface area (TPSA) is 57.6 Å². The monoisotopic (exact) mass is 233 g/mol. The van der Waals surface area contributed by atoms with Crippen molar-refractivity contribution in [2.24, 2.45) is 5.92 Å². The van der Waals surface area contributed by atoms with Crippen LogP contribution in [-0.4, -0.2) is 36.0 Å². The second kappa shape index (κ2) is 4.20. The molecule has 2 rings (SSSR count). The minimum absolute atomic E-state index is 0.0632. The number of hydrogen-bond acceptors (Lipinski definition) is 2. The summed E-state index contributed by atoms with van der Waals surface area (Å²) in [5.41, 5.74) is 0.737. The van der Waals surface area contributed by atoms with Crippen molar-refractivity contribution in [1.82, 2.24) is 4.90 Å². The molecule has 1 amide bonds. The number of carbonyl (C=O) groups excluding carboxylic acids is 1. The van der Waals surface area contributed by atoms with Crippen LogP contribution < -0.4 is 0 Å². The molecule has 0 unspecified atom stereocenters. The van der Waals surface area contributed by atoms with Gasteiger partial charge in [-0.05, 0) is 12.0 Å². The molecule has 90 valence electrons. The van der Waals surface area contributed by atoms with E-state index in [1.54, 1.807) is 0 Å². The predicted octanol–water partition coefficient (Wildman–Crippen LogP) is 1.75. The Balaban J connectivity index is 2.24. The first-order chi connectivity index (χ1) is 8.10. The van der Waals surface area contributed by atoms with Crippen LogP contribution in [0, 0.1) is 5.92 Å². The number of hydrogen-bond donors (Lipinski definition) is 1. The average molecular weight is 233 g/mol. The SMILES string of the molecule is CN(C[C@@]1(c2ccccc2)C[C@@H]1C=O)C(=O)O. The lowest BCUT2D eigenvalue weighted by Gasteiger charge is -2.22. The van der Waals surface area contributed by atoms with Crippen LogP contribution in [0.15, 0.2) is 30.3 Å². The zero-order chi connectivity index (χ0) is 12.5. The molecule has 0 bridgehead atoms. The van der Waals surface area contributed by atoms with Gasteiger partial charge < -0.3 is 14.8 Å². The molecule has 1 saturated carbocycles. The molecule has 17 heavy (non-hydrogen) atoms. The highest BCUT2D eigenvalue weighted by Crippen LogP contribution is 2.53. The van der Waals surface area contributed by atoms with E-state index in [1.165, 1.54) is 11.9 Å². The highest BCUT2D eigenvalue weighted by Gasteiger charge is 2.56. The van der Waals surface area contributed by atoms with Gasteiger partial charge in [0.2, 0.25) is 0 Å². The van der Waals surface area contributed by atoms with Gasteiger partial charge in [0.15, 0.2) is 0 Å². The van der Waals surface area contributed by atoms with Crippen molar-refractivity contribution in [3.63, 3.8) is 0 Å². The summed E-state index contributed by atoms with van der Waals surface area (Å²) in [6, 6.07) is 9.66. The van der Waals surface area contributed by atoms with Gasteiger partial charge in [0.05, 0.1) is 0 Å². The molecule has 0 spiro atoms. The summed E-state index contributed by atoms with van der Waals surface area (Å²) in [6.45, 7) is 0.371. The van der Waals surface area contributed by atoms with Crippen LogP contribution in [0.4, 0.5) is 4.79 Å². The zero-order valence-electron chi connectivity index (χ0n) is 9.67. The smallest absolute Gasteiger partial charge is 0.407 e. The first-order valence-electron chi connectivity index (χ1n) is 5.55. The van der Waals surface area contributed by atoms with Crippen molar-refractivity contribution in [3.8, 4) is 0 Å². The summed E-state index contributed by atoms with van der Waals surface area (Å²) in [4.78, 5) is 23.1. The number of likely N-dealkylation sites (N-methyl/N-ethyl adjacent to an activating group) is 1. The maximum Gasteiger partial charge on any atom is 0.407 e. The standard InChI is InChI=1S/C13H15NO3/c1-14(12(16)17)9-13(7-11(13)8-15)10-5-3-2-4-6-10/h2-6,8,11H,7,9H2,1H3,(H,16,17)/t11-,13-/m1/s1. The molecule has 1 aromatic carbocycles. The van der Waals surface area contributed by atoms with Gasteiger partial charge in [-0.2, -0.15) is 0 Å². The molecule has 0 aliphatic heterocycles. The van der Waals surface area contributed by atoms with Crippen molar-refractivity contribution in [1.29, 1.82) is 0 Å². The molecule has 4 heteroatoms. The van der Waals surface area contributed by atoms with E-state index in [4.69, 9.17) is 5.11 Å². The van der Waals surface area contributed by atoms with E-state index < -0.39 is 6.09 Å². The molecule has 4 nitrogen and oxygen atoms in total. The summed E-state index contributed by atoms with van der Waals surface area (Å²) in [7, 11) is 1.53. The van der Waals surface area contributed by atoms with Gasteiger partial charge in [-0.25, -0.2) is 4.79 Å². The summed E-state index contributed by atoms with van der Waals surface area (Å²) in [6.07, 6.45) is 0.706. The molecule has 1 aliphatic carbocycles. The fourth-order valence-electron chi connectivity index (χ4n) is 2.38. The van der Waals surface area contributed by atoms with Crippen LogP contribution in [0.2, 0.25) is 0 Å². The van der Waals surface area contributed by atoms with Crippen LogP contribution in [0.1, 0.15) is 12.0 Å². The lowest BCUT2D eigenvalue weighted by atomic mass is 9.93. The van der Waals surface area contributed by atoms with Gasteiger partial charge >= 0.3 is 6.09 Å². The fraction of sp³-hybridized carbons (Fsp3) is 0.385. The first-order valence-corrected chi connectivity index (χ1v) is 5.55. The lowest BCUT2D eigenvalue weighted by Crippen LogP contribution is -2.34. The highest BCUT2D eigenvalue weighted by atomic mass is 16.4. The summed E-state index contributed by atoms with van der Waals surface area (Å²) in [5.74, 6) is -0.0632. The van der Waals surface area contributed by atoms with Crippen molar-refractivity contribution in [2.45, 2.75) is 11.8 Å². The zero-order valence-corrected chi connectivity index (χ0v) is 9.67. The van der Waals surface area contributed by atoms with E-state index in [0.717, 1.165) is 18.3 Å². The van der Waals surface area contributed by atoms with Gasteiger partial charge in [0.1, 0.15) is 6.29 Å². The predicted molar refractivity (Wildman–Crippen MR) is 62.9 cm³/mol. The molecule has 0 aromatic heterocycles. The number of aldehydes is 1. The van der Waals surface area contributed by atoms with E-state index in [-0.39, 0.29) is 11.3 Å². The average Bonchev–Trinajstić information content (AvgIpc) is 3.05. The Hall–Kier alpha value is -1.84. The molecular formula is C13H15NO3. The lowest BCUT2D eigenvalue weighted by molar-refractivity contribution is -0.109. The molecule has 1 aromatic rings. The van der Waals surface area contributed by atoms with Gasteiger partial charge in [-0.3, -0.25) is 0 Å². The number of benzene rings is 1. The minimum atomic E-state index is -0.961. The highest BCUT2D eigenvalue weighted by molar-refractivity contribution is 5.68. The van der Waals surface area contributed by atoms with Crippen molar-refractivity contribution in [2.75, 3.05) is 13.6 Å². The molecule has 0 saturated heterocycles. The fourth-order valence-corrected chi connectivity index (χ4v) is 2.38. The maximum atomic E-state index is 10.9. The van der Waals surface area contributed by atoms with Crippen molar-refractivity contribution in [3.05, 3.63) is 35.9 Å². The Morgan fingerprint density at radius 2 is 2.18 bits per heavy atom. The van der Waals surface area contributed by atoms with Crippen LogP contribution in [0.3, 0.4) is 0 Å². The Kier molecular flexibility index (Phi) is 2.88. The van der Waals surface area contributed by atoms with Gasteiger partial charge in [0.25, 0.3) is 0 Å². The molecule has 1 N–H and O–H groups in total. The van der Waals surface area contributed by atoms with Crippen LogP contribution in [0.5, 0.6) is 0 Å². The maximum absolute atomic E-state index is 10.9. The van der Waals surface area contributed by atoms with E-state index >= 15 is 0 Å². The summed E-state index contributed by atoms with van der Waals surface area (Å²) >= 11 is 0. The Labute approximate surface area is 99.9 Å². The third-order valence-electron chi connectivity index (χ3n) is 3.49. The first kappa shape index (κ1) is 11.6. The van der Waals surface area contributed by atoms with Crippen LogP contribution in [-0.2, 0) is 10.2 Å². The van der Waals surface area contributed by atoms with E-state index in [9.17, 15) is 9.59 Å². The Morgan fingerprint density at radius 1 is 1.53 bits per heavy atom.